The van der Waals surface area contributed by atoms with Gasteiger partial charge >= 0.3 is 0 Å². The van der Waals surface area contributed by atoms with Crippen molar-refractivity contribution >= 4 is 24.7 Å². The summed E-state index contributed by atoms with van der Waals surface area (Å²) in [6.07, 6.45) is 1.87. The van der Waals surface area contributed by atoms with Crippen molar-refractivity contribution in [2.75, 3.05) is 6.61 Å². The topological polar surface area (TPSA) is 118 Å². The van der Waals surface area contributed by atoms with E-state index in [-0.39, 0.29) is 11.6 Å². The summed E-state index contributed by atoms with van der Waals surface area (Å²) in [5.41, 5.74) is 1.86. The zero-order chi connectivity index (χ0) is 25.5. The average Bonchev–Trinajstić information content (AvgIpc) is 3.56. The predicted octanol–water partition coefficient (Wildman–Crippen LogP) is 4.43. The van der Waals surface area contributed by atoms with Crippen LogP contribution in [-0.2, 0) is 17.6 Å². The van der Waals surface area contributed by atoms with Crippen LogP contribution in [0.2, 0.25) is 18.1 Å². The number of ether oxygens (including phenoxy) is 1. The molecule has 0 atom stereocenters. The predicted molar refractivity (Wildman–Crippen MR) is 136 cm³/mol. The number of hydrogen-bond donors (Lipinski definition) is 0. The summed E-state index contributed by atoms with van der Waals surface area (Å²) in [4.78, 5) is 0. The summed E-state index contributed by atoms with van der Waals surface area (Å²) in [6, 6.07) is 9.58. The van der Waals surface area contributed by atoms with Crippen LogP contribution in [0.5, 0.6) is 5.88 Å². The van der Waals surface area contributed by atoms with Crippen LogP contribution in [0.25, 0.3) is 27.9 Å². The van der Waals surface area contributed by atoms with Gasteiger partial charge in [-0.25, -0.2) is 4.68 Å². The third-order valence-electron chi connectivity index (χ3n) is 6.62. The van der Waals surface area contributed by atoms with Crippen LogP contribution in [0.3, 0.4) is 0 Å². The van der Waals surface area contributed by atoms with Crippen LogP contribution in [0.1, 0.15) is 32.2 Å². The van der Waals surface area contributed by atoms with Gasteiger partial charge in [0.05, 0.1) is 19.3 Å². The fraction of sp³-hybridized carbons (Fsp3) is 0.417. The Balaban J connectivity index is 1.34. The average molecular weight is 507 g/mol. The highest BCUT2D eigenvalue weighted by atomic mass is 28.4. The molecule has 0 N–H and O–H groups in total. The molecule has 4 heterocycles. The van der Waals surface area contributed by atoms with Crippen LogP contribution in [-0.4, -0.2) is 54.9 Å². The highest BCUT2D eigenvalue weighted by Gasteiger charge is 2.36. The van der Waals surface area contributed by atoms with Gasteiger partial charge < -0.3 is 13.7 Å². The molecule has 4 aromatic heterocycles. The van der Waals surface area contributed by atoms with Crippen molar-refractivity contribution in [3.63, 3.8) is 0 Å². The molecule has 0 aliphatic carbocycles. The number of hydrogen-bond acceptors (Lipinski definition) is 9. The zero-order valence-electron chi connectivity index (χ0n) is 21.4. The molecule has 188 valence electrons. The third-order valence-corrected chi connectivity index (χ3v) is 11.2. The molecule has 12 heteroatoms. The van der Waals surface area contributed by atoms with E-state index in [1.54, 1.807) is 15.3 Å². The third kappa shape index (κ3) is 4.61. The van der Waals surface area contributed by atoms with E-state index in [0.29, 0.717) is 47.7 Å². The molecular formula is C24H30N8O3Si. The minimum atomic E-state index is -1.80. The van der Waals surface area contributed by atoms with Crippen molar-refractivity contribution in [1.29, 1.82) is 0 Å². The summed E-state index contributed by atoms with van der Waals surface area (Å²) in [6.45, 7) is 14.4. The molecule has 5 aromatic rings. The second kappa shape index (κ2) is 9.10. The minimum Gasteiger partial charge on any atom is -0.470 e. The van der Waals surface area contributed by atoms with Crippen LogP contribution < -0.4 is 4.74 Å². The van der Waals surface area contributed by atoms with E-state index < -0.39 is 8.32 Å². The van der Waals surface area contributed by atoms with E-state index in [4.69, 9.17) is 13.7 Å². The first-order chi connectivity index (χ1) is 17.1. The lowest BCUT2D eigenvalue weighted by atomic mass is 10.2. The molecule has 0 saturated heterocycles. The maximum atomic E-state index is 6.25. The Morgan fingerprint density at radius 3 is 2.56 bits per heavy atom. The van der Waals surface area contributed by atoms with E-state index in [0.717, 1.165) is 10.8 Å². The van der Waals surface area contributed by atoms with Gasteiger partial charge in [0.15, 0.2) is 19.7 Å². The first-order valence-corrected chi connectivity index (χ1v) is 14.8. The van der Waals surface area contributed by atoms with Crippen molar-refractivity contribution in [2.24, 2.45) is 0 Å². The normalized spacial score (nSPS) is 12.6. The highest BCUT2D eigenvalue weighted by Crippen LogP contribution is 2.36. The fourth-order valence-electron chi connectivity index (χ4n) is 3.56. The van der Waals surface area contributed by atoms with Gasteiger partial charge in [0, 0.05) is 16.8 Å². The molecule has 11 nitrogen and oxygen atoms in total. The fourth-order valence-corrected chi connectivity index (χ4v) is 4.59. The largest absolute Gasteiger partial charge is 0.470 e. The van der Waals surface area contributed by atoms with Gasteiger partial charge in [-0.05, 0) is 31.1 Å². The van der Waals surface area contributed by atoms with Crippen molar-refractivity contribution in [3.05, 3.63) is 48.0 Å². The Bertz CT molecular complexity index is 1510. The number of aromatic nitrogens is 8. The quantitative estimate of drug-likeness (QED) is 0.281. The number of aryl methyl sites for hydroxylation is 1. The van der Waals surface area contributed by atoms with E-state index >= 15 is 0 Å². The van der Waals surface area contributed by atoms with Crippen LogP contribution in [0, 0.1) is 6.92 Å². The maximum Gasteiger partial charge on any atom is 0.240 e. The van der Waals surface area contributed by atoms with E-state index in [2.05, 4.69) is 64.6 Å². The number of nitrogens with zero attached hydrogens (tertiary/aromatic N) is 8. The smallest absolute Gasteiger partial charge is 0.240 e. The Morgan fingerprint density at radius 1 is 1.06 bits per heavy atom. The van der Waals surface area contributed by atoms with E-state index in [1.807, 2.05) is 37.4 Å². The standard InChI is InChI=1S/C24H30N8O3Si/c1-16-13-20(29-35-16)22-27-26-21-18-9-7-8-10-19(18)23(28-32(21)22)33-15-17-14-31(30-25-17)11-12-34-36(5,6)24(2,3)4/h7-10,13-14H,11-12,15H2,1-6H3. The zero-order valence-corrected chi connectivity index (χ0v) is 22.4. The van der Waals surface area contributed by atoms with Crippen molar-refractivity contribution in [3.8, 4) is 17.4 Å². The van der Waals surface area contributed by atoms with Gasteiger partial charge in [0.25, 0.3) is 0 Å². The lowest BCUT2D eigenvalue weighted by molar-refractivity contribution is 0.264. The van der Waals surface area contributed by atoms with Gasteiger partial charge in [-0.15, -0.1) is 20.4 Å². The first kappa shape index (κ1) is 24.1. The molecule has 0 radical (unpaired) electrons. The SMILES string of the molecule is Cc1cc(-c2nnc3c4ccccc4c(OCc4cn(CCO[Si](C)(C)C(C)(C)C)nn4)nn23)no1. The Hall–Kier alpha value is -3.64. The van der Waals surface area contributed by atoms with Crippen LogP contribution in [0.15, 0.2) is 41.1 Å². The summed E-state index contributed by atoms with van der Waals surface area (Å²) in [5.74, 6) is 1.59. The molecule has 0 amide bonds. The summed E-state index contributed by atoms with van der Waals surface area (Å²) in [5, 5.41) is 27.7. The number of fused-ring (bicyclic) bond motifs is 3. The second-order valence-electron chi connectivity index (χ2n) is 10.3. The molecule has 36 heavy (non-hydrogen) atoms. The van der Waals surface area contributed by atoms with Crippen molar-refractivity contribution in [1.82, 2.24) is 40.0 Å². The van der Waals surface area contributed by atoms with E-state index in [9.17, 15) is 0 Å². The number of benzene rings is 1. The second-order valence-corrected chi connectivity index (χ2v) is 15.1. The van der Waals surface area contributed by atoms with E-state index in [1.165, 1.54) is 0 Å². The first-order valence-electron chi connectivity index (χ1n) is 11.9. The minimum absolute atomic E-state index is 0.169. The van der Waals surface area contributed by atoms with Crippen LogP contribution >= 0.6 is 0 Å². The van der Waals surface area contributed by atoms with Gasteiger partial charge in [-0.3, -0.25) is 0 Å². The number of rotatable bonds is 8. The lowest BCUT2D eigenvalue weighted by Gasteiger charge is -2.36. The van der Waals surface area contributed by atoms with Crippen LogP contribution in [0.4, 0.5) is 0 Å². The monoisotopic (exact) mass is 506 g/mol. The molecule has 0 saturated carbocycles. The Kier molecular flexibility index (Phi) is 6.08. The summed E-state index contributed by atoms with van der Waals surface area (Å²) >= 11 is 0. The molecule has 0 unspecified atom stereocenters. The molecule has 1 aromatic carbocycles. The Morgan fingerprint density at radius 2 is 1.83 bits per heavy atom. The van der Waals surface area contributed by atoms with Crippen molar-refractivity contribution < 1.29 is 13.7 Å². The highest BCUT2D eigenvalue weighted by molar-refractivity contribution is 6.74. The maximum absolute atomic E-state index is 6.25. The molecule has 0 fully saturated rings. The molecule has 0 bridgehead atoms. The Labute approximate surface area is 209 Å². The van der Waals surface area contributed by atoms with Gasteiger partial charge in [-0.2, -0.15) is 4.52 Å². The van der Waals surface area contributed by atoms with Crippen molar-refractivity contribution in [2.45, 2.75) is 59.0 Å². The van der Waals surface area contributed by atoms with Gasteiger partial charge in [0.1, 0.15) is 18.1 Å². The van der Waals surface area contributed by atoms with Gasteiger partial charge in [-0.1, -0.05) is 49.3 Å². The molecule has 0 spiro atoms. The summed E-state index contributed by atoms with van der Waals surface area (Å²) < 4.78 is 21.0. The molecule has 5 rings (SSSR count). The summed E-state index contributed by atoms with van der Waals surface area (Å²) in [7, 11) is -1.80. The molecular weight excluding hydrogens is 476 g/mol. The molecule has 0 aliphatic heterocycles. The molecule has 0 aliphatic rings. The lowest BCUT2D eigenvalue weighted by Crippen LogP contribution is -2.41. The van der Waals surface area contributed by atoms with Gasteiger partial charge in [0.2, 0.25) is 11.7 Å².